The van der Waals surface area contributed by atoms with E-state index in [4.69, 9.17) is 0 Å². The quantitative estimate of drug-likeness (QED) is 0.634. The second-order valence-electron chi connectivity index (χ2n) is 5.54. The van der Waals surface area contributed by atoms with Crippen molar-refractivity contribution in [3.8, 4) is 0 Å². The predicted octanol–water partition coefficient (Wildman–Crippen LogP) is 3.35. The second-order valence-corrected chi connectivity index (χ2v) is 5.54. The summed E-state index contributed by atoms with van der Waals surface area (Å²) in [6.45, 7) is 0.433. The number of benzene rings is 2. The summed E-state index contributed by atoms with van der Waals surface area (Å²) >= 11 is 0. The zero-order valence-electron chi connectivity index (χ0n) is 13.5. The summed E-state index contributed by atoms with van der Waals surface area (Å²) in [6, 6.07) is 8.47. The van der Waals surface area contributed by atoms with E-state index in [-0.39, 0.29) is 11.5 Å². The molecule has 4 nitrogen and oxygen atoms in total. The number of nitrogens with zero attached hydrogens (tertiary/aromatic N) is 1. The third-order valence-corrected chi connectivity index (χ3v) is 4.05. The number of hydrogen-bond acceptors (Lipinski definition) is 3. The summed E-state index contributed by atoms with van der Waals surface area (Å²) in [5.41, 5.74) is 1.69. The Labute approximate surface area is 143 Å². The maximum Gasteiger partial charge on any atom is 0.337 e. The Morgan fingerprint density at radius 1 is 1.16 bits per heavy atom. The molecule has 128 valence electrons. The van der Waals surface area contributed by atoms with Crippen LogP contribution in [0.3, 0.4) is 0 Å². The lowest BCUT2D eigenvalue weighted by atomic mass is 10.1. The Bertz CT molecular complexity index is 857. The Morgan fingerprint density at radius 2 is 1.88 bits per heavy atom. The smallest absolute Gasteiger partial charge is 0.337 e. The minimum Gasteiger partial charge on any atom is -0.465 e. The molecule has 2 aromatic carbocycles. The molecule has 0 atom stereocenters. The van der Waals surface area contributed by atoms with E-state index in [1.54, 1.807) is 18.2 Å². The van der Waals surface area contributed by atoms with Crippen molar-refractivity contribution in [2.75, 3.05) is 18.6 Å². The normalized spacial score (nSPS) is 13.2. The van der Waals surface area contributed by atoms with Gasteiger partial charge in [-0.1, -0.05) is 6.07 Å². The average Bonchev–Trinajstić information content (AvgIpc) is 3.03. The number of anilines is 1. The van der Waals surface area contributed by atoms with Crippen molar-refractivity contribution in [3.63, 3.8) is 0 Å². The Hall–Kier alpha value is -3.02. The number of amides is 1. The van der Waals surface area contributed by atoms with Crippen molar-refractivity contribution in [3.05, 3.63) is 70.8 Å². The highest BCUT2D eigenvalue weighted by molar-refractivity contribution is 6.05. The van der Waals surface area contributed by atoms with Crippen LogP contribution in [0.1, 0.15) is 21.5 Å². The Morgan fingerprint density at radius 3 is 2.56 bits per heavy atom. The largest absolute Gasteiger partial charge is 0.465 e. The molecule has 3 rings (SSSR count). The first-order chi connectivity index (χ1) is 12.0. The van der Waals surface area contributed by atoms with Gasteiger partial charge in [0.2, 0.25) is 0 Å². The monoisotopic (exact) mass is 343 g/mol. The van der Waals surface area contributed by atoms with Crippen LogP contribution in [-0.2, 0) is 16.0 Å². The first kappa shape index (κ1) is 16.8. The van der Waals surface area contributed by atoms with Crippen molar-refractivity contribution < 1.29 is 23.1 Å². The van der Waals surface area contributed by atoms with E-state index in [0.717, 1.165) is 29.8 Å². The molecule has 0 aliphatic carbocycles. The lowest BCUT2D eigenvalue weighted by molar-refractivity contribution is -0.114. The summed E-state index contributed by atoms with van der Waals surface area (Å²) in [5, 5.41) is 0. The fraction of sp³-hybridized carbons (Fsp3) is 0.158. The summed E-state index contributed by atoms with van der Waals surface area (Å²) < 4.78 is 31.9. The maximum atomic E-state index is 13.6. The van der Waals surface area contributed by atoms with Gasteiger partial charge in [0, 0.05) is 23.9 Å². The number of ether oxygens (including phenoxy) is 1. The molecule has 0 bridgehead atoms. The van der Waals surface area contributed by atoms with Gasteiger partial charge >= 0.3 is 5.97 Å². The highest BCUT2D eigenvalue weighted by Gasteiger charge is 2.24. The fourth-order valence-electron chi connectivity index (χ4n) is 2.79. The molecule has 1 aliphatic heterocycles. The molecule has 0 N–H and O–H groups in total. The molecule has 0 unspecified atom stereocenters. The number of fused-ring (bicyclic) bond motifs is 1. The van der Waals surface area contributed by atoms with Gasteiger partial charge in [0.05, 0.1) is 12.7 Å². The van der Waals surface area contributed by atoms with E-state index in [0.29, 0.717) is 24.2 Å². The molecule has 1 aliphatic rings. The lowest BCUT2D eigenvalue weighted by Crippen LogP contribution is -2.26. The molecule has 1 heterocycles. The van der Waals surface area contributed by atoms with E-state index in [1.165, 1.54) is 18.1 Å². The first-order valence-corrected chi connectivity index (χ1v) is 7.66. The molecule has 0 saturated heterocycles. The zero-order chi connectivity index (χ0) is 18.0. The van der Waals surface area contributed by atoms with E-state index in [9.17, 15) is 18.4 Å². The molecule has 0 saturated carbocycles. The number of carbonyl (C=O) groups excluding carboxylic acids is 2. The Balaban J connectivity index is 1.82. The van der Waals surface area contributed by atoms with Crippen molar-refractivity contribution in [1.82, 2.24) is 0 Å². The molecule has 1 amide bonds. The van der Waals surface area contributed by atoms with Crippen LogP contribution in [0, 0.1) is 11.6 Å². The van der Waals surface area contributed by atoms with Crippen molar-refractivity contribution in [2.24, 2.45) is 0 Å². The third kappa shape index (κ3) is 3.28. The van der Waals surface area contributed by atoms with Gasteiger partial charge in [0.15, 0.2) is 0 Å². The molecular formula is C19H15F2NO3. The van der Waals surface area contributed by atoms with Crippen molar-refractivity contribution >= 4 is 23.6 Å². The summed E-state index contributed by atoms with van der Waals surface area (Å²) in [6.07, 6.45) is 2.87. The van der Waals surface area contributed by atoms with Crippen LogP contribution in [0.4, 0.5) is 14.5 Å². The van der Waals surface area contributed by atoms with Gasteiger partial charge in [-0.25, -0.2) is 13.6 Å². The average molecular weight is 343 g/mol. The predicted molar refractivity (Wildman–Crippen MR) is 89.2 cm³/mol. The van der Waals surface area contributed by atoms with E-state index >= 15 is 0 Å². The minimum absolute atomic E-state index is 0.253. The Kier molecular flexibility index (Phi) is 4.61. The zero-order valence-corrected chi connectivity index (χ0v) is 13.5. The second kappa shape index (κ2) is 6.84. The first-order valence-electron chi connectivity index (χ1n) is 7.66. The molecule has 0 aromatic heterocycles. The minimum atomic E-state index is -0.728. The highest BCUT2D eigenvalue weighted by Crippen LogP contribution is 2.29. The van der Waals surface area contributed by atoms with Crippen molar-refractivity contribution in [1.29, 1.82) is 0 Å². The van der Waals surface area contributed by atoms with Gasteiger partial charge in [-0.15, -0.1) is 0 Å². The molecule has 25 heavy (non-hydrogen) atoms. The van der Waals surface area contributed by atoms with Crippen molar-refractivity contribution in [2.45, 2.75) is 6.42 Å². The van der Waals surface area contributed by atoms with Crippen LogP contribution in [-0.4, -0.2) is 25.5 Å². The van der Waals surface area contributed by atoms with Gasteiger partial charge in [-0.3, -0.25) is 4.79 Å². The maximum absolute atomic E-state index is 13.6. The van der Waals surface area contributed by atoms with E-state index < -0.39 is 17.6 Å². The van der Waals surface area contributed by atoms with Gasteiger partial charge in [-0.05, 0) is 48.4 Å². The van der Waals surface area contributed by atoms with Gasteiger partial charge in [0.25, 0.3) is 5.91 Å². The van der Waals surface area contributed by atoms with Crippen LogP contribution in [0.15, 0.2) is 42.5 Å². The SMILES string of the molecule is COC(=O)c1ccc2c(c1)CCN2C(=O)C=Cc1c(F)cccc1F. The number of esters is 1. The lowest BCUT2D eigenvalue weighted by Gasteiger charge is -2.15. The van der Waals surface area contributed by atoms with Crippen LogP contribution in [0.2, 0.25) is 0 Å². The van der Waals surface area contributed by atoms with E-state index in [1.807, 2.05) is 0 Å². The van der Waals surface area contributed by atoms with E-state index in [2.05, 4.69) is 4.74 Å². The molecule has 0 radical (unpaired) electrons. The highest BCUT2D eigenvalue weighted by atomic mass is 19.1. The molecule has 6 heteroatoms. The van der Waals surface area contributed by atoms with Crippen LogP contribution < -0.4 is 4.90 Å². The van der Waals surface area contributed by atoms with Crippen LogP contribution >= 0.6 is 0 Å². The number of hydrogen-bond donors (Lipinski definition) is 0. The number of carbonyl (C=O) groups is 2. The molecule has 2 aromatic rings. The van der Waals surface area contributed by atoms with Gasteiger partial charge in [-0.2, -0.15) is 0 Å². The molecule has 0 spiro atoms. The third-order valence-electron chi connectivity index (χ3n) is 4.05. The fourth-order valence-corrected chi connectivity index (χ4v) is 2.79. The van der Waals surface area contributed by atoms with Crippen LogP contribution in [0.5, 0.6) is 0 Å². The molecule has 0 fully saturated rings. The number of methoxy groups -OCH3 is 1. The summed E-state index contributed by atoms with van der Waals surface area (Å²) in [4.78, 5) is 25.5. The van der Waals surface area contributed by atoms with Gasteiger partial charge in [0.1, 0.15) is 11.6 Å². The summed E-state index contributed by atoms with van der Waals surface area (Å²) in [5.74, 6) is -2.28. The topological polar surface area (TPSA) is 46.6 Å². The summed E-state index contributed by atoms with van der Waals surface area (Å²) in [7, 11) is 1.30. The van der Waals surface area contributed by atoms with Gasteiger partial charge < -0.3 is 9.64 Å². The molecular weight excluding hydrogens is 328 g/mol. The number of rotatable bonds is 3. The standard InChI is InChI=1S/C19H15F2NO3/c1-25-19(24)13-5-7-17-12(11-13)9-10-22(17)18(23)8-6-14-15(20)3-2-4-16(14)21/h2-8,11H,9-10H2,1H3. The van der Waals surface area contributed by atoms with Crippen LogP contribution in [0.25, 0.3) is 6.08 Å². The number of halogens is 2.